The number of hydrogen-bond donors (Lipinski definition) is 2. The Hall–Kier alpha value is -3.98. The van der Waals surface area contributed by atoms with Gasteiger partial charge in [0, 0.05) is 23.1 Å². The number of nitrogens with zero attached hydrogens (tertiary/aromatic N) is 2. The molecular weight excluding hydrogens is 328 g/mol. The number of anilines is 2. The lowest BCUT2D eigenvalue weighted by molar-refractivity contribution is 0.102. The highest BCUT2D eigenvalue weighted by Gasteiger charge is 2.12. The SMILES string of the molecule is N#Cc1ccc(NC(=O)c2cc(C(=O)Nc3ccccc3)ccn2)cc1. The van der Waals surface area contributed by atoms with Crippen LogP contribution in [0.2, 0.25) is 0 Å². The minimum absolute atomic E-state index is 0.120. The van der Waals surface area contributed by atoms with Crippen LogP contribution in [-0.2, 0) is 0 Å². The van der Waals surface area contributed by atoms with Crippen LogP contribution in [0.3, 0.4) is 0 Å². The van der Waals surface area contributed by atoms with Crippen molar-refractivity contribution in [3.05, 3.63) is 89.7 Å². The number of pyridine rings is 1. The summed E-state index contributed by atoms with van der Waals surface area (Å²) < 4.78 is 0. The molecule has 6 nitrogen and oxygen atoms in total. The maximum atomic E-state index is 12.3. The summed E-state index contributed by atoms with van der Waals surface area (Å²) in [5, 5.41) is 14.2. The third-order valence-corrected chi connectivity index (χ3v) is 3.56. The van der Waals surface area contributed by atoms with Gasteiger partial charge < -0.3 is 10.6 Å². The lowest BCUT2D eigenvalue weighted by Gasteiger charge is -2.07. The van der Waals surface area contributed by atoms with Crippen molar-refractivity contribution in [2.45, 2.75) is 0 Å². The predicted molar refractivity (Wildman–Crippen MR) is 97.7 cm³/mol. The molecule has 126 valence electrons. The van der Waals surface area contributed by atoms with Gasteiger partial charge in [-0.2, -0.15) is 5.26 Å². The maximum Gasteiger partial charge on any atom is 0.274 e. The average molecular weight is 342 g/mol. The van der Waals surface area contributed by atoms with Crippen molar-refractivity contribution in [3.63, 3.8) is 0 Å². The number of carbonyl (C=O) groups excluding carboxylic acids is 2. The summed E-state index contributed by atoms with van der Waals surface area (Å²) in [4.78, 5) is 28.7. The number of nitrogens with one attached hydrogen (secondary N) is 2. The van der Waals surface area contributed by atoms with Crippen molar-refractivity contribution < 1.29 is 9.59 Å². The first kappa shape index (κ1) is 16.9. The molecule has 0 saturated heterocycles. The van der Waals surface area contributed by atoms with E-state index in [2.05, 4.69) is 15.6 Å². The fraction of sp³-hybridized carbons (Fsp3) is 0. The van der Waals surface area contributed by atoms with E-state index in [-0.39, 0.29) is 11.6 Å². The van der Waals surface area contributed by atoms with E-state index in [1.54, 1.807) is 36.4 Å². The molecule has 0 fully saturated rings. The molecule has 3 aromatic rings. The molecule has 0 aliphatic carbocycles. The van der Waals surface area contributed by atoms with E-state index in [0.717, 1.165) is 0 Å². The maximum absolute atomic E-state index is 12.3. The second kappa shape index (κ2) is 7.73. The molecule has 2 aromatic carbocycles. The van der Waals surface area contributed by atoms with E-state index in [1.807, 2.05) is 24.3 Å². The number of para-hydroxylation sites is 1. The number of benzene rings is 2. The quantitative estimate of drug-likeness (QED) is 0.759. The Balaban J connectivity index is 1.72. The molecule has 0 aliphatic heterocycles. The van der Waals surface area contributed by atoms with E-state index in [0.29, 0.717) is 22.5 Å². The lowest BCUT2D eigenvalue weighted by Crippen LogP contribution is -2.17. The van der Waals surface area contributed by atoms with Gasteiger partial charge >= 0.3 is 0 Å². The minimum Gasteiger partial charge on any atom is -0.322 e. The Morgan fingerprint density at radius 3 is 2.19 bits per heavy atom. The van der Waals surface area contributed by atoms with Crippen molar-refractivity contribution in [3.8, 4) is 6.07 Å². The summed E-state index contributed by atoms with van der Waals surface area (Å²) in [6.07, 6.45) is 1.41. The van der Waals surface area contributed by atoms with Gasteiger partial charge in [-0.25, -0.2) is 0 Å². The lowest BCUT2D eigenvalue weighted by atomic mass is 10.2. The van der Waals surface area contributed by atoms with Crippen molar-refractivity contribution in [2.75, 3.05) is 10.6 Å². The minimum atomic E-state index is -0.441. The second-order valence-electron chi connectivity index (χ2n) is 5.39. The third-order valence-electron chi connectivity index (χ3n) is 3.56. The normalized spacial score (nSPS) is 9.81. The Bertz CT molecular complexity index is 977. The standard InChI is InChI=1S/C20H14N4O2/c21-13-14-6-8-17(9-7-14)24-20(26)18-12-15(10-11-22-18)19(25)23-16-4-2-1-3-5-16/h1-12H,(H,23,25)(H,24,26). The van der Waals surface area contributed by atoms with Crippen molar-refractivity contribution in [1.82, 2.24) is 4.98 Å². The summed E-state index contributed by atoms with van der Waals surface area (Å²) in [7, 11) is 0. The molecule has 2 N–H and O–H groups in total. The van der Waals surface area contributed by atoms with E-state index in [9.17, 15) is 9.59 Å². The topological polar surface area (TPSA) is 94.9 Å². The first-order chi connectivity index (χ1) is 12.7. The van der Waals surface area contributed by atoms with Gasteiger partial charge in [0.25, 0.3) is 11.8 Å². The van der Waals surface area contributed by atoms with Crippen LogP contribution in [0.25, 0.3) is 0 Å². The summed E-state index contributed by atoms with van der Waals surface area (Å²) in [6, 6.07) is 20.5. The second-order valence-corrected chi connectivity index (χ2v) is 5.39. The monoisotopic (exact) mass is 342 g/mol. The van der Waals surface area contributed by atoms with Crippen LogP contribution in [0.1, 0.15) is 26.4 Å². The van der Waals surface area contributed by atoms with Gasteiger partial charge in [-0.15, -0.1) is 0 Å². The molecular formula is C20H14N4O2. The molecule has 0 bridgehead atoms. The molecule has 26 heavy (non-hydrogen) atoms. The first-order valence-electron chi connectivity index (χ1n) is 7.80. The van der Waals surface area contributed by atoms with Gasteiger partial charge in [0.2, 0.25) is 0 Å². The summed E-state index contributed by atoms with van der Waals surface area (Å²) in [6.45, 7) is 0. The van der Waals surface area contributed by atoms with Gasteiger partial charge in [-0.1, -0.05) is 18.2 Å². The Labute approximate surface area is 150 Å². The van der Waals surface area contributed by atoms with Gasteiger partial charge in [0.1, 0.15) is 5.69 Å². The highest BCUT2D eigenvalue weighted by atomic mass is 16.2. The summed E-state index contributed by atoms with van der Waals surface area (Å²) >= 11 is 0. The van der Waals surface area contributed by atoms with Crippen LogP contribution in [-0.4, -0.2) is 16.8 Å². The smallest absolute Gasteiger partial charge is 0.274 e. The van der Waals surface area contributed by atoms with Gasteiger partial charge in [0.05, 0.1) is 11.6 Å². The molecule has 0 saturated carbocycles. The Kier molecular flexibility index (Phi) is 5.01. The predicted octanol–water partition coefficient (Wildman–Crippen LogP) is 3.46. The van der Waals surface area contributed by atoms with Crippen LogP contribution in [0.15, 0.2) is 72.9 Å². The molecule has 3 rings (SSSR count). The molecule has 2 amide bonds. The summed E-state index contributed by atoms with van der Waals surface area (Å²) in [5.74, 6) is -0.768. The van der Waals surface area contributed by atoms with Crippen LogP contribution < -0.4 is 10.6 Å². The zero-order chi connectivity index (χ0) is 18.4. The van der Waals surface area contributed by atoms with Crippen LogP contribution in [0.4, 0.5) is 11.4 Å². The molecule has 6 heteroatoms. The van der Waals surface area contributed by atoms with Gasteiger partial charge in [0.15, 0.2) is 0 Å². The van der Waals surface area contributed by atoms with Crippen molar-refractivity contribution in [2.24, 2.45) is 0 Å². The number of hydrogen-bond acceptors (Lipinski definition) is 4. The third kappa shape index (κ3) is 4.10. The number of amides is 2. The molecule has 0 radical (unpaired) electrons. The van der Waals surface area contributed by atoms with E-state index in [1.165, 1.54) is 18.3 Å². The van der Waals surface area contributed by atoms with Gasteiger partial charge in [-0.3, -0.25) is 14.6 Å². The highest BCUT2D eigenvalue weighted by Crippen LogP contribution is 2.12. The zero-order valence-corrected chi connectivity index (χ0v) is 13.6. The number of nitriles is 1. The largest absolute Gasteiger partial charge is 0.322 e. The van der Waals surface area contributed by atoms with Crippen LogP contribution in [0.5, 0.6) is 0 Å². The number of carbonyl (C=O) groups is 2. The molecule has 0 unspecified atom stereocenters. The van der Waals surface area contributed by atoms with Crippen molar-refractivity contribution in [1.29, 1.82) is 5.26 Å². The Morgan fingerprint density at radius 1 is 0.846 bits per heavy atom. The fourth-order valence-corrected chi connectivity index (χ4v) is 2.24. The first-order valence-corrected chi connectivity index (χ1v) is 7.80. The van der Waals surface area contributed by atoms with Crippen LogP contribution >= 0.6 is 0 Å². The van der Waals surface area contributed by atoms with Crippen molar-refractivity contribution >= 4 is 23.2 Å². The molecule has 0 spiro atoms. The van der Waals surface area contributed by atoms with E-state index in [4.69, 9.17) is 5.26 Å². The van der Waals surface area contributed by atoms with E-state index < -0.39 is 5.91 Å². The molecule has 1 aromatic heterocycles. The van der Waals surface area contributed by atoms with Crippen LogP contribution in [0, 0.1) is 11.3 Å². The number of aromatic nitrogens is 1. The molecule has 0 aliphatic rings. The van der Waals surface area contributed by atoms with Gasteiger partial charge in [-0.05, 0) is 48.5 Å². The molecule has 1 heterocycles. The number of rotatable bonds is 4. The average Bonchev–Trinajstić information content (AvgIpc) is 2.69. The van der Waals surface area contributed by atoms with E-state index >= 15 is 0 Å². The summed E-state index contributed by atoms with van der Waals surface area (Å²) in [5.41, 5.74) is 2.15. The fourth-order valence-electron chi connectivity index (χ4n) is 2.24. The molecule has 0 atom stereocenters. The zero-order valence-electron chi connectivity index (χ0n) is 13.6. The Morgan fingerprint density at radius 2 is 1.50 bits per heavy atom. The highest BCUT2D eigenvalue weighted by molar-refractivity contribution is 6.07.